The van der Waals surface area contributed by atoms with Crippen LogP contribution in [0.4, 0.5) is 0 Å². The van der Waals surface area contributed by atoms with Gasteiger partial charge in [-0.15, -0.1) is 0 Å². The predicted molar refractivity (Wildman–Crippen MR) is 90.9 cm³/mol. The maximum Gasteiger partial charge on any atom is 0.243 e. The van der Waals surface area contributed by atoms with E-state index in [1.165, 1.54) is 48.7 Å². The topological polar surface area (TPSA) is 29.1 Å². The molecular formula is C18H31ClN2O. The minimum Gasteiger partial charge on any atom is -1.00 e. The molecule has 1 aromatic carbocycles. The molecule has 0 spiro atoms. The first-order valence-corrected chi connectivity index (χ1v) is 7.80. The smallest absolute Gasteiger partial charge is 0.243 e. The highest BCUT2D eigenvalue weighted by Crippen LogP contribution is 2.14. The molecular weight excluding hydrogens is 296 g/mol. The maximum atomic E-state index is 9.95. The Morgan fingerprint density at radius 1 is 1.18 bits per heavy atom. The molecule has 0 aliphatic carbocycles. The maximum absolute atomic E-state index is 9.95. The summed E-state index contributed by atoms with van der Waals surface area (Å²) in [7, 11) is 1.56. The van der Waals surface area contributed by atoms with Crippen molar-refractivity contribution < 1.29 is 21.7 Å². The Labute approximate surface area is 142 Å². The Morgan fingerprint density at radius 2 is 1.73 bits per heavy atom. The number of likely N-dealkylation sites (N-methyl/N-ethyl adjacent to an activating group) is 1. The van der Waals surface area contributed by atoms with Gasteiger partial charge in [0, 0.05) is 12.6 Å². The first-order chi connectivity index (χ1) is 10.1. The van der Waals surface area contributed by atoms with Gasteiger partial charge in [-0.25, -0.2) is 0 Å². The minimum absolute atomic E-state index is 0. The van der Waals surface area contributed by atoms with Crippen LogP contribution in [0.15, 0.2) is 43.0 Å². The average molecular weight is 327 g/mol. The van der Waals surface area contributed by atoms with E-state index in [1.807, 2.05) is 0 Å². The third kappa shape index (κ3) is 8.85. The lowest BCUT2D eigenvalue weighted by atomic mass is 10.1. The van der Waals surface area contributed by atoms with E-state index >= 15 is 0 Å². The number of nitrogens with zero attached hydrogens (tertiary/aromatic N) is 1. The molecule has 0 saturated carbocycles. The molecule has 0 bridgehead atoms. The molecule has 126 valence electrons. The lowest BCUT2D eigenvalue weighted by molar-refractivity contribution is -0.937. The van der Waals surface area contributed by atoms with Gasteiger partial charge in [-0.3, -0.25) is 4.79 Å². The summed E-state index contributed by atoms with van der Waals surface area (Å²) in [6, 6.07) is 10.9. The van der Waals surface area contributed by atoms with Crippen LogP contribution < -0.4 is 17.7 Å². The van der Waals surface area contributed by atoms with Crippen molar-refractivity contribution in [3.8, 4) is 0 Å². The molecule has 0 unspecified atom stereocenters. The summed E-state index contributed by atoms with van der Waals surface area (Å²) >= 11 is 0. The lowest BCUT2D eigenvalue weighted by Crippen LogP contribution is -3.00. The van der Waals surface area contributed by atoms with Gasteiger partial charge in [0.1, 0.15) is 6.54 Å². The van der Waals surface area contributed by atoms with E-state index in [0.717, 1.165) is 0 Å². The summed E-state index contributed by atoms with van der Waals surface area (Å²) in [6.07, 6.45) is 2.49. The lowest BCUT2D eigenvalue weighted by Gasteiger charge is -2.36. The zero-order valence-corrected chi connectivity index (χ0v) is 15.2. The summed E-state index contributed by atoms with van der Waals surface area (Å²) in [6.45, 7) is 15.1. The quantitative estimate of drug-likeness (QED) is 0.569. The van der Waals surface area contributed by atoms with E-state index in [9.17, 15) is 4.79 Å². The van der Waals surface area contributed by atoms with Crippen LogP contribution in [-0.4, -0.2) is 37.1 Å². The molecule has 0 aliphatic rings. The van der Waals surface area contributed by atoms with Crippen LogP contribution in [0, 0.1) is 0 Å². The highest BCUT2D eigenvalue weighted by molar-refractivity contribution is 5.86. The molecule has 1 rings (SSSR count). The van der Waals surface area contributed by atoms with E-state index in [4.69, 9.17) is 0 Å². The molecule has 1 amide bonds. The van der Waals surface area contributed by atoms with Crippen LogP contribution in [0.25, 0.3) is 0 Å². The number of carbonyl (C=O) groups excluding carboxylic acids is 1. The van der Waals surface area contributed by atoms with Crippen molar-refractivity contribution in [3.05, 3.63) is 48.6 Å². The molecule has 0 radical (unpaired) electrons. The van der Waals surface area contributed by atoms with E-state index in [1.54, 1.807) is 7.05 Å². The zero-order chi connectivity index (χ0) is 16.1. The van der Waals surface area contributed by atoms with Gasteiger partial charge < -0.3 is 22.2 Å². The fraction of sp³-hybridized carbons (Fsp3) is 0.500. The number of hydrogen-bond donors (Lipinski definition) is 1. The molecule has 1 aromatic rings. The van der Waals surface area contributed by atoms with Gasteiger partial charge in [0.15, 0.2) is 0 Å². The fourth-order valence-electron chi connectivity index (χ4n) is 2.39. The van der Waals surface area contributed by atoms with E-state index in [0.29, 0.717) is 0 Å². The van der Waals surface area contributed by atoms with Gasteiger partial charge >= 0.3 is 0 Å². The second-order valence-corrected chi connectivity index (χ2v) is 5.16. The van der Waals surface area contributed by atoms with Crippen molar-refractivity contribution in [3.63, 3.8) is 0 Å². The normalized spacial score (nSPS) is 9.82. The second-order valence-electron chi connectivity index (χ2n) is 5.16. The monoisotopic (exact) mass is 326 g/mol. The molecule has 0 aliphatic heterocycles. The summed E-state index contributed by atoms with van der Waals surface area (Å²) in [5.41, 5.74) is 1.47. The van der Waals surface area contributed by atoms with Crippen LogP contribution >= 0.6 is 0 Å². The molecule has 0 atom stereocenters. The number of benzene rings is 1. The first-order valence-electron chi connectivity index (χ1n) is 7.80. The molecule has 3 nitrogen and oxygen atoms in total. The number of quaternary nitrogens is 1. The minimum atomic E-state index is -0.144. The van der Waals surface area contributed by atoms with Crippen LogP contribution in [0.3, 0.4) is 0 Å². The Hall–Kier alpha value is -1.32. The molecule has 1 N–H and O–H groups in total. The van der Waals surface area contributed by atoms with Crippen LogP contribution in [0.1, 0.15) is 32.8 Å². The molecule has 22 heavy (non-hydrogen) atoms. The number of carbonyl (C=O) groups is 1. The second kappa shape index (κ2) is 13.4. The largest absolute Gasteiger partial charge is 1.00 e. The standard InChI is InChI=1S/C14H24N.C4H7NO.ClH/c1-4-12-15(5-2,6-3)13-14-10-8-7-9-11-14;1-3-4(6)5-2;/h7-11H,4-6,12-13H2,1-3H3;3H,1H2,2H3,(H,5,6);1H/q+1;;/p-1. The third-order valence-corrected chi connectivity index (χ3v) is 3.83. The summed E-state index contributed by atoms with van der Waals surface area (Å²) < 4.78 is 1.22. The van der Waals surface area contributed by atoms with E-state index in [-0.39, 0.29) is 18.3 Å². The SMILES string of the molecule is C=CC(=O)NC.CCC[N+](CC)(CC)Cc1ccccc1.[Cl-]. The molecule has 4 heteroatoms. The van der Waals surface area contributed by atoms with E-state index in [2.05, 4.69) is 63.0 Å². The first kappa shape index (κ1) is 23.0. The van der Waals surface area contributed by atoms with Gasteiger partial charge in [0.25, 0.3) is 0 Å². The van der Waals surface area contributed by atoms with Gasteiger partial charge in [-0.2, -0.15) is 0 Å². The van der Waals surface area contributed by atoms with Crippen molar-refractivity contribution in [1.29, 1.82) is 0 Å². The van der Waals surface area contributed by atoms with Crippen molar-refractivity contribution in [2.75, 3.05) is 26.7 Å². The van der Waals surface area contributed by atoms with Crippen LogP contribution in [0.2, 0.25) is 0 Å². The van der Waals surface area contributed by atoms with Crippen molar-refractivity contribution in [1.82, 2.24) is 5.32 Å². The van der Waals surface area contributed by atoms with Crippen LogP contribution in [0.5, 0.6) is 0 Å². The van der Waals surface area contributed by atoms with Crippen molar-refractivity contribution >= 4 is 5.91 Å². The van der Waals surface area contributed by atoms with Crippen molar-refractivity contribution in [2.45, 2.75) is 33.7 Å². The van der Waals surface area contributed by atoms with Crippen LogP contribution in [-0.2, 0) is 11.3 Å². The number of nitrogens with one attached hydrogen (secondary N) is 1. The molecule has 0 fully saturated rings. The number of rotatable bonds is 7. The van der Waals surface area contributed by atoms with Gasteiger partial charge in [0.2, 0.25) is 5.91 Å². The summed E-state index contributed by atoms with van der Waals surface area (Å²) in [5, 5.41) is 2.36. The highest BCUT2D eigenvalue weighted by Gasteiger charge is 2.21. The average Bonchev–Trinajstić information content (AvgIpc) is 2.55. The zero-order valence-electron chi connectivity index (χ0n) is 14.4. The van der Waals surface area contributed by atoms with Crippen molar-refractivity contribution in [2.24, 2.45) is 0 Å². The summed E-state index contributed by atoms with van der Waals surface area (Å²) in [4.78, 5) is 9.95. The summed E-state index contributed by atoms with van der Waals surface area (Å²) in [5.74, 6) is -0.144. The van der Waals surface area contributed by atoms with E-state index < -0.39 is 0 Å². The fourth-order valence-corrected chi connectivity index (χ4v) is 2.39. The number of halogens is 1. The van der Waals surface area contributed by atoms with Gasteiger partial charge in [0.05, 0.1) is 19.6 Å². The number of amides is 1. The Morgan fingerprint density at radius 3 is 2.05 bits per heavy atom. The third-order valence-electron chi connectivity index (χ3n) is 3.83. The molecule has 0 aromatic heterocycles. The van der Waals surface area contributed by atoms with Gasteiger partial charge in [-0.05, 0) is 26.3 Å². The Balaban J connectivity index is 0. The Bertz CT molecular complexity index is 403. The molecule has 0 saturated heterocycles. The number of hydrogen-bond acceptors (Lipinski definition) is 1. The Kier molecular flexibility index (Phi) is 13.9. The predicted octanol–water partition coefficient (Wildman–Crippen LogP) is 0.376. The highest BCUT2D eigenvalue weighted by atomic mass is 35.5. The molecule has 0 heterocycles. The van der Waals surface area contributed by atoms with Gasteiger partial charge in [-0.1, -0.05) is 43.8 Å².